The lowest BCUT2D eigenvalue weighted by Crippen LogP contribution is -2.37. The Balaban J connectivity index is 2.41. The van der Waals surface area contributed by atoms with Crippen LogP contribution in [0.2, 0.25) is 0 Å². The minimum absolute atomic E-state index is 0.0684. The molecular formula is C10H14N2O. The van der Waals surface area contributed by atoms with Crippen molar-refractivity contribution in [1.29, 1.82) is 5.26 Å². The average molecular weight is 178 g/mol. The lowest BCUT2D eigenvalue weighted by molar-refractivity contribution is -0.127. The van der Waals surface area contributed by atoms with Crippen molar-refractivity contribution in [2.45, 2.75) is 19.8 Å². The topological polar surface area (TPSA) is 44.1 Å². The molecule has 0 radical (unpaired) electrons. The molecule has 13 heavy (non-hydrogen) atoms. The van der Waals surface area contributed by atoms with E-state index in [9.17, 15) is 4.79 Å². The van der Waals surface area contributed by atoms with Crippen molar-refractivity contribution in [3.63, 3.8) is 0 Å². The molecule has 0 aromatic heterocycles. The van der Waals surface area contributed by atoms with Gasteiger partial charge in [0.15, 0.2) is 0 Å². The second-order valence-corrected chi connectivity index (χ2v) is 3.23. The number of rotatable bonds is 1. The highest BCUT2D eigenvalue weighted by Gasteiger charge is 2.20. The van der Waals surface area contributed by atoms with E-state index in [2.05, 4.69) is 6.07 Å². The Kier molecular flexibility index (Phi) is 3.51. The first kappa shape index (κ1) is 9.79. The van der Waals surface area contributed by atoms with Crippen molar-refractivity contribution in [3.05, 3.63) is 12.2 Å². The zero-order valence-electron chi connectivity index (χ0n) is 7.86. The van der Waals surface area contributed by atoms with Crippen molar-refractivity contribution in [2.75, 3.05) is 13.1 Å². The summed E-state index contributed by atoms with van der Waals surface area (Å²) in [6, 6.07) is 2.24. The molecule has 1 rings (SSSR count). The molecule has 3 heteroatoms. The van der Waals surface area contributed by atoms with Crippen LogP contribution in [0.25, 0.3) is 0 Å². The molecule has 3 nitrogen and oxygen atoms in total. The van der Waals surface area contributed by atoms with Crippen LogP contribution in [0.5, 0.6) is 0 Å². The molecule has 0 atom stereocenters. The number of likely N-dealkylation sites (tertiary alicyclic amines) is 1. The van der Waals surface area contributed by atoms with Crippen LogP contribution in [0.1, 0.15) is 19.8 Å². The van der Waals surface area contributed by atoms with Gasteiger partial charge in [-0.15, -0.1) is 0 Å². The Morgan fingerprint density at radius 2 is 2.15 bits per heavy atom. The first-order valence-corrected chi connectivity index (χ1v) is 4.59. The van der Waals surface area contributed by atoms with Crippen molar-refractivity contribution in [1.82, 2.24) is 4.90 Å². The van der Waals surface area contributed by atoms with E-state index in [1.54, 1.807) is 17.1 Å². The Hall–Kier alpha value is -1.30. The van der Waals surface area contributed by atoms with Gasteiger partial charge in [-0.05, 0) is 25.8 Å². The quantitative estimate of drug-likeness (QED) is 0.568. The zero-order chi connectivity index (χ0) is 9.68. The molecule has 1 amide bonds. The highest BCUT2D eigenvalue weighted by Crippen LogP contribution is 2.15. The third-order valence-corrected chi connectivity index (χ3v) is 2.30. The van der Waals surface area contributed by atoms with Crippen molar-refractivity contribution >= 4 is 5.91 Å². The Bertz CT molecular complexity index is 244. The van der Waals surface area contributed by atoms with Gasteiger partial charge < -0.3 is 4.90 Å². The molecule has 1 aliphatic rings. The van der Waals surface area contributed by atoms with E-state index in [4.69, 9.17) is 5.26 Å². The van der Waals surface area contributed by atoms with Crippen molar-refractivity contribution < 1.29 is 4.79 Å². The summed E-state index contributed by atoms with van der Waals surface area (Å²) >= 11 is 0. The third kappa shape index (κ3) is 2.59. The van der Waals surface area contributed by atoms with Gasteiger partial charge in [-0.2, -0.15) is 5.26 Å². The van der Waals surface area contributed by atoms with Gasteiger partial charge in [-0.1, -0.05) is 6.08 Å². The molecular weight excluding hydrogens is 164 g/mol. The molecule has 0 aliphatic carbocycles. The van der Waals surface area contributed by atoms with Crippen LogP contribution in [0, 0.1) is 17.2 Å². The number of hydrogen-bond acceptors (Lipinski definition) is 2. The Labute approximate surface area is 78.6 Å². The van der Waals surface area contributed by atoms with Gasteiger partial charge >= 0.3 is 0 Å². The lowest BCUT2D eigenvalue weighted by atomic mass is 9.99. The van der Waals surface area contributed by atoms with Crippen LogP contribution in [0.4, 0.5) is 0 Å². The summed E-state index contributed by atoms with van der Waals surface area (Å²) in [5.74, 6) is 0.216. The summed E-state index contributed by atoms with van der Waals surface area (Å²) in [6.07, 6.45) is 4.96. The molecule has 0 aromatic rings. The van der Waals surface area contributed by atoms with E-state index in [0.29, 0.717) is 0 Å². The van der Waals surface area contributed by atoms with Gasteiger partial charge in [0, 0.05) is 19.0 Å². The summed E-state index contributed by atoms with van der Waals surface area (Å²) in [5, 5.41) is 8.65. The molecule has 0 saturated carbocycles. The molecule has 0 unspecified atom stereocenters. The van der Waals surface area contributed by atoms with Crippen LogP contribution in [-0.2, 0) is 4.79 Å². The van der Waals surface area contributed by atoms with Crippen LogP contribution in [0.3, 0.4) is 0 Å². The van der Waals surface area contributed by atoms with Gasteiger partial charge in [0.05, 0.1) is 6.07 Å². The highest BCUT2D eigenvalue weighted by molar-refractivity contribution is 5.87. The fraction of sp³-hybridized carbons (Fsp3) is 0.600. The second-order valence-electron chi connectivity index (χ2n) is 3.23. The van der Waals surface area contributed by atoms with Gasteiger partial charge in [-0.25, -0.2) is 0 Å². The van der Waals surface area contributed by atoms with E-state index in [-0.39, 0.29) is 11.8 Å². The molecule has 0 N–H and O–H groups in total. The van der Waals surface area contributed by atoms with E-state index in [1.165, 1.54) is 0 Å². The van der Waals surface area contributed by atoms with Gasteiger partial charge in [-0.3, -0.25) is 4.79 Å². The smallest absolute Gasteiger partial charge is 0.246 e. The third-order valence-electron chi connectivity index (χ3n) is 2.30. The Morgan fingerprint density at radius 1 is 1.54 bits per heavy atom. The van der Waals surface area contributed by atoms with Crippen LogP contribution in [0.15, 0.2) is 12.2 Å². The number of hydrogen-bond donors (Lipinski definition) is 0. The molecule has 0 spiro atoms. The van der Waals surface area contributed by atoms with Crippen LogP contribution >= 0.6 is 0 Å². The predicted octanol–water partition coefficient (Wildman–Crippen LogP) is 1.32. The molecule has 1 saturated heterocycles. The van der Waals surface area contributed by atoms with Crippen molar-refractivity contribution in [3.8, 4) is 6.07 Å². The van der Waals surface area contributed by atoms with E-state index in [0.717, 1.165) is 25.9 Å². The molecule has 70 valence electrons. The number of piperidine rings is 1. The number of amides is 1. The number of allylic oxidation sites excluding steroid dienone is 1. The number of nitriles is 1. The largest absolute Gasteiger partial charge is 0.339 e. The molecule has 1 heterocycles. The summed E-state index contributed by atoms with van der Waals surface area (Å²) in [6.45, 7) is 3.28. The molecule has 0 bridgehead atoms. The van der Waals surface area contributed by atoms with Crippen molar-refractivity contribution in [2.24, 2.45) is 5.92 Å². The maximum atomic E-state index is 11.3. The average Bonchev–Trinajstić information content (AvgIpc) is 2.18. The molecule has 1 fully saturated rings. The van der Waals surface area contributed by atoms with Gasteiger partial charge in [0.1, 0.15) is 0 Å². The van der Waals surface area contributed by atoms with E-state index >= 15 is 0 Å². The summed E-state index contributed by atoms with van der Waals surface area (Å²) in [5.41, 5.74) is 0. The molecule has 0 aromatic carbocycles. The summed E-state index contributed by atoms with van der Waals surface area (Å²) in [7, 11) is 0. The lowest BCUT2D eigenvalue weighted by Gasteiger charge is -2.28. The SMILES string of the molecule is C/C=C/C(=O)N1CCC(C#N)CC1. The monoisotopic (exact) mass is 178 g/mol. The van der Waals surface area contributed by atoms with Gasteiger partial charge in [0.25, 0.3) is 0 Å². The van der Waals surface area contributed by atoms with E-state index < -0.39 is 0 Å². The first-order valence-electron chi connectivity index (χ1n) is 4.59. The maximum Gasteiger partial charge on any atom is 0.246 e. The fourth-order valence-electron chi connectivity index (χ4n) is 1.48. The Morgan fingerprint density at radius 3 is 2.62 bits per heavy atom. The highest BCUT2D eigenvalue weighted by atomic mass is 16.2. The summed E-state index contributed by atoms with van der Waals surface area (Å²) < 4.78 is 0. The number of carbonyl (C=O) groups excluding carboxylic acids is 1. The summed E-state index contributed by atoms with van der Waals surface area (Å²) in [4.78, 5) is 13.1. The fourth-order valence-corrected chi connectivity index (χ4v) is 1.48. The van der Waals surface area contributed by atoms with Crippen LogP contribution < -0.4 is 0 Å². The normalized spacial score (nSPS) is 18.9. The second kappa shape index (κ2) is 4.66. The van der Waals surface area contributed by atoms with Crippen LogP contribution in [-0.4, -0.2) is 23.9 Å². The number of nitrogens with zero attached hydrogens (tertiary/aromatic N) is 2. The molecule has 1 aliphatic heterocycles. The minimum atomic E-state index is 0.0684. The maximum absolute atomic E-state index is 11.3. The van der Waals surface area contributed by atoms with Gasteiger partial charge in [0.2, 0.25) is 5.91 Å². The predicted molar refractivity (Wildman–Crippen MR) is 49.7 cm³/mol. The minimum Gasteiger partial charge on any atom is -0.339 e. The van der Waals surface area contributed by atoms with E-state index in [1.807, 2.05) is 6.92 Å². The zero-order valence-corrected chi connectivity index (χ0v) is 7.86. The number of carbonyl (C=O) groups is 1. The standard InChI is InChI=1S/C10H14N2O/c1-2-3-10(13)12-6-4-9(8-11)5-7-12/h2-3,9H,4-7H2,1H3/b3-2+. The first-order chi connectivity index (χ1) is 6.27.